The van der Waals surface area contributed by atoms with Crippen LogP contribution in [0.3, 0.4) is 0 Å². The maximum atomic E-state index is 13.0. The van der Waals surface area contributed by atoms with Crippen molar-refractivity contribution in [2.24, 2.45) is 0 Å². The highest BCUT2D eigenvalue weighted by atomic mass is 35.5. The van der Waals surface area contributed by atoms with E-state index in [1.807, 2.05) is 6.07 Å². The van der Waals surface area contributed by atoms with Crippen LogP contribution in [0.15, 0.2) is 36.7 Å². The fourth-order valence-electron chi connectivity index (χ4n) is 1.63. The van der Waals surface area contributed by atoms with Crippen molar-refractivity contribution in [3.63, 3.8) is 0 Å². The minimum absolute atomic E-state index is 0.0735. The van der Waals surface area contributed by atoms with Crippen LogP contribution in [-0.4, -0.2) is 15.2 Å². The summed E-state index contributed by atoms with van der Waals surface area (Å²) in [5.41, 5.74) is 1.54. The first kappa shape index (κ1) is 11.0. The second kappa shape index (κ2) is 4.27. The van der Waals surface area contributed by atoms with Crippen molar-refractivity contribution in [3.8, 4) is 0 Å². The summed E-state index contributed by atoms with van der Waals surface area (Å²) in [6.07, 6.45) is 3.38. The van der Waals surface area contributed by atoms with Gasteiger partial charge in [0.1, 0.15) is 11.6 Å². The van der Waals surface area contributed by atoms with Crippen molar-refractivity contribution in [1.82, 2.24) is 15.2 Å². The zero-order valence-electron chi connectivity index (χ0n) is 9.11. The number of aromatic nitrogens is 3. The summed E-state index contributed by atoms with van der Waals surface area (Å²) in [6.45, 7) is 0. The highest BCUT2D eigenvalue weighted by molar-refractivity contribution is 6.31. The standard InChI is InChI=1S/C12H8ClFN4/c13-9-4-8(1-2-10(9)14)17-12-3-7-5-16-18-11(7)6-15-12/h1-6H,(H,15,17)(H,16,18). The van der Waals surface area contributed by atoms with Crippen LogP contribution < -0.4 is 5.32 Å². The molecule has 3 aromatic rings. The smallest absolute Gasteiger partial charge is 0.141 e. The molecule has 90 valence electrons. The maximum Gasteiger partial charge on any atom is 0.141 e. The molecule has 0 bridgehead atoms. The second-order valence-electron chi connectivity index (χ2n) is 3.78. The Morgan fingerprint density at radius 2 is 2.11 bits per heavy atom. The highest BCUT2D eigenvalue weighted by Gasteiger charge is 2.03. The van der Waals surface area contributed by atoms with Crippen LogP contribution in [0.4, 0.5) is 15.9 Å². The first-order valence-electron chi connectivity index (χ1n) is 5.23. The molecule has 1 aromatic carbocycles. The molecule has 0 saturated heterocycles. The first-order chi connectivity index (χ1) is 8.72. The van der Waals surface area contributed by atoms with Gasteiger partial charge in [-0.2, -0.15) is 5.10 Å². The van der Waals surface area contributed by atoms with E-state index >= 15 is 0 Å². The number of hydrogen-bond acceptors (Lipinski definition) is 3. The third kappa shape index (κ3) is 2.00. The highest BCUT2D eigenvalue weighted by Crippen LogP contribution is 2.23. The van der Waals surface area contributed by atoms with Gasteiger partial charge in [-0.25, -0.2) is 9.37 Å². The molecule has 2 heterocycles. The molecule has 0 unspecified atom stereocenters. The molecule has 2 N–H and O–H groups in total. The largest absolute Gasteiger partial charge is 0.340 e. The Hall–Kier alpha value is -2.14. The third-order valence-electron chi connectivity index (χ3n) is 2.52. The van der Waals surface area contributed by atoms with Gasteiger partial charge in [0.2, 0.25) is 0 Å². The Morgan fingerprint density at radius 1 is 1.22 bits per heavy atom. The van der Waals surface area contributed by atoms with E-state index in [1.165, 1.54) is 12.1 Å². The number of pyridine rings is 1. The molecule has 0 fully saturated rings. The summed E-state index contributed by atoms with van der Waals surface area (Å²) < 4.78 is 13.0. The number of hydrogen-bond donors (Lipinski definition) is 2. The lowest BCUT2D eigenvalue weighted by molar-refractivity contribution is 0.628. The van der Waals surface area contributed by atoms with Gasteiger partial charge in [-0.1, -0.05) is 11.6 Å². The molecule has 0 aliphatic carbocycles. The lowest BCUT2D eigenvalue weighted by Gasteiger charge is -2.06. The second-order valence-corrected chi connectivity index (χ2v) is 4.19. The van der Waals surface area contributed by atoms with Crippen LogP contribution >= 0.6 is 11.6 Å². The van der Waals surface area contributed by atoms with Crippen molar-refractivity contribution in [1.29, 1.82) is 0 Å². The topological polar surface area (TPSA) is 53.6 Å². The molecule has 0 spiro atoms. The molecule has 0 radical (unpaired) electrons. The molecule has 0 aliphatic heterocycles. The van der Waals surface area contributed by atoms with Gasteiger partial charge in [-0.05, 0) is 24.3 Å². The molecule has 6 heteroatoms. The summed E-state index contributed by atoms with van der Waals surface area (Å²) in [7, 11) is 0. The molecule has 2 aromatic heterocycles. The van der Waals surface area contributed by atoms with E-state index < -0.39 is 5.82 Å². The number of nitrogens with zero attached hydrogens (tertiary/aromatic N) is 2. The Labute approximate surface area is 107 Å². The molecule has 3 rings (SSSR count). The average molecular weight is 263 g/mol. The van der Waals surface area contributed by atoms with Crippen LogP contribution in [0.25, 0.3) is 10.9 Å². The molecule has 0 amide bonds. The fraction of sp³-hybridized carbons (Fsp3) is 0. The van der Waals surface area contributed by atoms with E-state index in [-0.39, 0.29) is 5.02 Å². The number of nitrogens with one attached hydrogen (secondary N) is 2. The number of H-pyrrole nitrogens is 1. The number of anilines is 2. The first-order valence-corrected chi connectivity index (χ1v) is 5.61. The van der Waals surface area contributed by atoms with Crippen LogP contribution in [0, 0.1) is 5.82 Å². The Kier molecular flexibility index (Phi) is 2.60. The maximum absolute atomic E-state index is 13.0. The summed E-state index contributed by atoms with van der Waals surface area (Å²) in [5, 5.41) is 10.8. The monoisotopic (exact) mass is 262 g/mol. The predicted octanol–water partition coefficient (Wildman–Crippen LogP) is 3.49. The quantitative estimate of drug-likeness (QED) is 0.743. The Bertz CT molecular complexity index is 710. The van der Waals surface area contributed by atoms with E-state index in [0.717, 1.165) is 10.9 Å². The van der Waals surface area contributed by atoms with Gasteiger partial charge in [0.25, 0.3) is 0 Å². The summed E-state index contributed by atoms with van der Waals surface area (Å²) in [6, 6.07) is 6.26. The average Bonchev–Trinajstić information content (AvgIpc) is 2.81. The van der Waals surface area contributed by atoms with Crippen LogP contribution in [0.2, 0.25) is 5.02 Å². The van der Waals surface area contributed by atoms with Crippen LogP contribution in [0.5, 0.6) is 0 Å². The zero-order valence-corrected chi connectivity index (χ0v) is 9.87. The zero-order chi connectivity index (χ0) is 12.5. The number of benzene rings is 1. The number of fused-ring (bicyclic) bond motifs is 1. The van der Waals surface area contributed by atoms with Crippen molar-refractivity contribution < 1.29 is 4.39 Å². The van der Waals surface area contributed by atoms with Crippen molar-refractivity contribution in [3.05, 3.63) is 47.5 Å². The van der Waals surface area contributed by atoms with Crippen LogP contribution in [-0.2, 0) is 0 Å². The van der Waals surface area contributed by atoms with Crippen molar-refractivity contribution in [2.75, 3.05) is 5.32 Å². The molecular weight excluding hydrogens is 255 g/mol. The van der Waals surface area contributed by atoms with E-state index in [9.17, 15) is 4.39 Å². The lowest BCUT2D eigenvalue weighted by atomic mass is 10.3. The summed E-state index contributed by atoms with van der Waals surface area (Å²) >= 11 is 5.71. The van der Waals surface area contributed by atoms with Gasteiger partial charge >= 0.3 is 0 Å². The molecule has 0 aliphatic rings. The molecular formula is C12H8ClFN4. The molecule has 18 heavy (non-hydrogen) atoms. The van der Waals surface area contributed by atoms with Crippen molar-refractivity contribution >= 4 is 34.0 Å². The Balaban J connectivity index is 1.92. The SMILES string of the molecule is Fc1ccc(Nc2cc3cn[nH]c3cn2)cc1Cl. The van der Waals surface area contributed by atoms with E-state index in [2.05, 4.69) is 20.5 Å². The summed E-state index contributed by atoms with van der Waals surface area (Å²) in [4.78, 5) is 4.21. The fourth-order valence-corrected chi connectivity index (χ4v) is 1.81. The number of rotatable bonds is 2. The Morgan fingerprint density at radius 3 is 2.94 bits per heavy atom. The number of halogens is 2. The third-order valence-corrected chi connectivity index (χ3v) is 2.81. The van der Waals surface area contributed by atoms with E-state index in [4.69, 9.17) is 11.6 Å². The summed E-state index contributed by atoms with van der Waals surface area (Å²) in [5.74, 6) is 0.201. The number of aromatic amines is 1. The van der Waals surface area contributed by atoms with Gasteiger partial charge in [0.05, 0.1) is 22.9 Å². The van der Waals surface area contributed by atoms with E-state index in [0.29, 0.717) is 11.5 Å². The van der Waals surface area contributed by atoms with Gasteiger partial charge in [-0.3, -0.25) is 5.10 Å². The minimum atomic E-state index is -0.444. The van der Waals surface area contributed by atoms with Gasteiger partial charge < -0.3 is 5.32 Å². The van der Waals surface area contributed by atoms with Gasteiger partial charge in [-0.15, -0.1) is 0 Å². The normalized spacial score (nSPS) is 10.8. The van der Waals surface area contributed by atoms with Gasteiger partial charge in [0.15, 0.2) is 0 Å². The van der Waals surface area contributed by atoms with Crippen molar-refractivity contribution in [2.45, 2.75) is 0 Å². The minimum Gasteiger partial charge on any atom is -0.340 e. The molecule has 0 saturated carbocycles. The van der Waals surface area contributed by atoms with Gasteiger partial charge in [0, 0.05) is 11.1 Å². The molecule has 0 atom stereocenters. The van der Waals surface area contributed by atoms with Crippen LogP contribution in [0.1, 0.15) is 0 Å². The predicted molar refractivity (Wildman–Crippen MR) is 68.6 cm³/mol. The lowest BCUT2D eigenvalue weighted by Crippen LogP contribution is -1.93. The molecule has 4 nitrogen and oxygen atoms in total. The van der Waals surface area contributed by atoms with E-state index in [1.54, 1.807) is 18.5 Å².